The number of hydrogen-bond acceptors (Lipinski definition) is 2. The van der Waals surface area contributed by atoms with Gasteiger partial charge in [0.1, 0.15) is 0 Å². The van der Waals surface area contributed by atoms with E-state index in [0.29, 0.717) is 29.4 Å². The van der Waals surface area contributed by atoms with Crippen molar-refractivity contribution in [2.45, 2.75) is 19.3 Å². The van der Waals surface area contributed by atoms with Gasteiger partial charge in [-0.1, -0.05) is 29.3 Å². The van der Waals surface area contributed by atoms with Crippen LogP contribution in [-0.2, 0) is 11.2 Å². The molecule has 1 aromatic carbocycles. The molecule has 0 bridgehead atoms. The summed E-state index contributed by atoms with van der Waals surface area (Å²) >= 11 is 12.2. The molecule has 2 rings (SSSR count). The number of aliphatic carboxylic acids is 1. The normalized spacial score (nSPS) is 23.9. The Morgan fingerprint density at radius 3 is 2.56 bits per heavy atom. The second kappa shape index (κ2) is 5.47. The van der Waals surface area contributed by atoms with Crippen LogP contribution >= 0.6 is 23.2 Å². The van der Waals surface area contributed by atoms with Crippen molar-refractivity contribution in [3.8, 4) is 0 Å². The molecule has 1 aliphatic rings. The Labute approximate surface area is 116 Å². The fourth-order valence-corrected chi connectivity index (χ4v) is 2.95. The van der Waals surface area contributed by atoms with Crippen LogP contribution in [0.5, 0.6) is 0 Å². The summed E-state index contributed by atoms with van der Waals surface area (Å²) in [6, 6.07) is 5.25. The highest BCUT2D eigenvalue weighted by molar-refractivity contribution is 6.36. The monoisotopic (exact) mass is 287 g/mol. The quantitative estimate of drug-likeness (QED) is 0.899. The molecule has 0 aliphatic carbocycles. The van der Waals surface area contributed by atoms with Gasteiger partial charge in [-0.2, -0.15) is 0 Å². The van der Waals surface area contributed by atoms with E-state index in [1.165, 1.54) is 0 Å². The van der Waals surface area contributed by atoms with Gasteiger partial charge in [0.05, 0.1) is 5.41 Å². The van der Waals surface area contributed by atoms with E-state index < -0.39 is 11.4 Å². The molecule has 1 aliphatic heterocycles. The Morgan fingerprint density at radius 1 is 1.39 bits per heavy atom. The zero-order valence-corrected chi connectivity index (χ0v) is 11.4. The first-order valence-electron chi connectivity index (χ1n) is 5.92. The maximum atomic E-state index is 11.6. The van der Waals surface area contributed by atoms with Crippen LogP contribution in [0.3, 0.4) is 0 Å². The minimum absolute atomic E-state index is 0.369. The van der Waals surface area contributed by atoms with Crippen molar-refractivity contribution in [1.82, 2.24) is 5.32 Å². The molecular formula is C13H15Cl2NO2. The van der Waals surface area contributed by atoms with Crippen molar-refractivity contribution in [1.29, 1.82) is 0 Å². The maximum Gasteiger partial charge on any atom is 0.311 e. The van der Waals surface area contributed by atoms with Gasteiger partial charge in [-0.05, 0) is 43.5 Å². The summed E-state index contributed by atoms with van der Waals surface area (Å²) in [5.41, 5.74) is -0.0701. The van der Waals surface area contributed by atoms with Gasteiger partial charge in [-0.25, -0.2) is 0 Å². The van der Waals surface area contributed by atoms with E-state index in [4.69, 9.17) is 23.2 Å². The molecule has 1 fully saturated rings. The zero-order chi connectivity index (χ0) is 13.2. The van der Waals surface area contributed by atoms with Crippen molar-refractivity contribution in [3.63, 3.8) is 0 Å². The maximum absolute atomic E-state index is 11.6. The van der Waals surface area contributed by atoms with E-state index in [1.54, 1.807) is 18.2 Å². The average molecular weight is 288 g/mol. The SMILES string of the molecule is O=C(O)C1(Cc2c(Cl)cccc2Cl)CCCNC1. The van der Waals surface area contributed by atoms with Crippen molar-refractivity contribution >= 4 is 29.2 Å². The van der Waals surface area contributed by atoms with Crippen molar-refractivity contribution in [2.75, 3.05) is 13.1 Å². The fourth-order valence-electron chi connectivity index (χ4n) is 2.42. The predicted molar refractivity (Wildman–Crippen MR) is 72.3 cm³/mol. The third-order valence-corrected chi connectivity index (χ3v) is 4.21. The lowest BCUT2D eigenvalue weighted by Gasteiger charge is -2.34. The number of halogens is 2. The predicted octanol–water partition coefficient (Wildman–Crippen LogP) is 2.99. The van der Waals surface area contributed by atoms with Crippen molar-refractivity contribution in [3.05, 3.63) is 33.8 Å². The lowest BCUT2D eigenvalue weighted by molar-refractivity contribution is -0.150. The molecule has 0 aromatic heterocycles. The molecular weight excluding hydrogens is 273 g/mol. The number of benzene rings is 1. The lowest BCUT2D eigenvalue weighted by atomic mass is 9.76. The number of carboxylic acids is 1. The van der Waals surface area contributed by atoms with Crippen LogP contribution in [0.25, 0.3) is 0 Å². The zero-order valence-electron chi connectivity index (χ0n) is 9.88. The Balaban J connectivity index is 2.32. The van der Waals surface area contributed by atoms with E-state index >= 15 is 0 Å². The molecule has 1 saturated heterocycles. The number of piperidine rings is 1. The van der Waals surface area contributed by atoms with Gasteiger partial charge in [0, 0.05) is 16.6 Å². The highest BCUT2D eigenvalue weighted by Gasteiger charge is 2.40. The van der Waals surface area contributed by atoms with Crippen LogP contribution in [0.15, 0.2) is 18.2 Å². The summed E-state index contributed by atoms with van der Waals surface area (Å²) in [4.78, 5) is 11.6. The second-order valence-electron chi connectivity index (χ2n) is 4.74. The molecule has 0 amide bonds. The number of rotatable bonds is 3. The number of carboxylic acid groups (broad SMARTS) is 1. The molecule has 1 unspecified atom stereocenters. The molecule has 0 spiro atoms. The third kappa shape index (κ3) is 2.63. The summed E-state index contributed by atoms with van der Waals surface area (Å²) in [7, 11) is 0. The molecule has 1 heterocycles. The lowest BCUT2D eigenvalue weighted by Crippen LogP contribution is -2.47. The van der Waals surface area contributed by atoms with Gasteiger partial charge in [0.15, 0.2) is 0 Å². The highest BCUT2D eigenvalue weighted by atomic mass is 35.5. The molecule has 3 nitrogen and oxygen atoms in total. The molecule has 0 radical (unpaired) electrons. The minimum atomic E-state index is -0.799. The van der Waals surface area contributed by atoms with Crippen molar-refractivity contribution in [2.24, 2.45) is 5.41 Å². The van der Waals surface area contributed by atoms with Crippen molar-refractivity contribution < 1.29 is 9.90 Å². The Hall–Kier alpha value is -0.770. The first-order chi connectivity index (χ1) is 8.55. The van der Waals surface area contributed by atoms with E-state index in [1.807, 2.05) is 0 Å². The first kappa shape index (κ1) is 13.7. The van der Waals surface area contributed by atoms with Gasteiger partial charge >= 0.3 is 5.97 Å². The molecule has 1 atom stereocenters. The third-order valence-electron chi connectivity index (χ3n) is 3.50. The van der Waals surface area contributed by atoms with Gasteiger partial charge in [0.2, 0.25) is 0 Å². The Bertz CT molecular complexity index is 436. The molecule has 2 N–H and O–H groups in total. The molecule has 0 saturated carbocycles. The van der Waals surface area contributed by atoms with E-state index in [0.717, 1.165) is 18.5 Å². The van der Waals surface area contributed by atoms with Gasteiger partial charge in [-0.15, -0.1) is 0 Å². The average Bonchev–Trinajstić information content (AvgIpc) is 2.35. The van der Waals surface area contributed by atoms with E-state index in [2.05, 4.69) is 5.32 Å². The van der Waals surface area contributed by atoms with E-state index in [9.17, 15) is 9.90 Å². The van der Waals surface area contributed by atoms with Crippen LogP contribution in [0, 0.1) is 5.41 Å². The van der Waals surface area contributed by atoms with Gasteiger partial charge in [-0.3, -0.25) is 4.79 Å². The highest BCUT2D eigenvalue weighted by Crippen LogP contribution is 2.36. The largest absolute Gasteiger partial charge is 0.481 e. The van der Waals surface area contributed by atoms with E-state index in [-0.39, 0.29) is 0 Å². The molecule has 1 aromatic rings. The number of hydrogen-bond donors (Lipinski definition) is 2. The van der Waals surface area contributed by atoms with Crippen LogP contribution in [0.4, 0.5) is 0 Å². The van der Waals surface area contributed by atoms with Gasteiger partial charge in [0.25, 0.3) is 0 Å². The second-order valence-corrected chi connectivity index (χ2v) is 5.56. The minimum Gasteiger partial charge on any atom is -0.481 e. The number of carbonyl (C=O) groups is 1. The number of nitrogens with one attached hydrogen (secondary N) is 1. The standard InChI is InChI=1S/C13H15Cl2NO2/c14-10-3-1-4-11(15)9(10)7-13(12(17)18)5-2-6-16-8-13/h1,3-4,16H,2,5-8H2,(H,17,18). The summed E-state index contributed by atoms with van der Waals surface area (Å²) in [5.74, 6) is -0.786. The van der Waals surface area contributed by atoms with Crippen LogP contribution < -0.4 is 5.32 Å². The molecule has 18 heavy (non-hydrogen) atoms. The Morgan fingerprint density at radius 2 is 2.06 bits per heavy atom. The van der Waals surface area contributed by atoms with Crippen LogP contribution in [0.1, 0.15) is 18.4 Å². The van der Waals surface area contributed by atoms with Gasteiger partial charge < -0.3 is 10.4 Å². The Kier molecular flexibility index (Phi) is 4.15. The summed E-state index contributed by atoms with van der Waals surface area (Å²) < 4.78 is 0. The molecule has 5 heteroatoms. The summed E-state index contributed by atoms with van der Waals surface area (Å²) in [6.45, 7) is 1.33. The molecule has 98 valence electrons. The summed E-state index contributed by atoms with van der Waals surface area (Å²) in [6.07, 6.45) is 1.87. The smallest absolute Gasteiger partial charge is 0.311 e. The first-order valence-corrected chi connectivity index (χ1v) is 6.68. The fraction of sp³-hybridized carbons (Fsp3) is 0.462. The van der Waals surface area contributed by atoms with Crippen LogP contribution in [-0.4, -0.2) is 24.2 Å². The van der Waals surface area contributed by atoms with Crippen LogP contribution in [0.2, 0.25) is 10.0 Å². The summed E-state index contributed by atoms with van der Waals surface area (Å²) in [5, 5.41) is 13.7. The topological polar surface area (TPSA) is 49.3 Å².